The summed E-state index contributed by atoms with van der Waals surface area (Å²) < 4.78 is 0. The summed E-state index contributed by atoms with van der Waals surface area (Å²) >= 11 is 2.10. The van der Waals surface area contributed by atoms with Gasteiger partial charge in [-0.15, -0.1) is 0 Å². The Morgan fingerprint density at radius 3 is 2.46 bits per heavy atom. The van der Waals surface area contributed by atoms with Crippen LogP contribution in [0.2, 0.25) is 0 Å². The summed E-state index contributed by atoms with van der Waals surface area (Å²) in [5, 5.41) is 3.43. The van der Waals surface area contributed by atoms with Crippen molar-refractivity contribution in [2.45, 2.75) is 46.6 Å². The van der Waals surface area contributed by atoms with Crippen molar-refractivity contribution in [1.82, 2.24) is 5.32 Å². The molecule has 0 heterocycles. The molecular weight excluding hydrogens is 178 g/mol. The Labute approximate surface area is 88.1 Å². The van der Waals surface area contributed by atoms with Gasteiger partial charge in [-0.05, 0) is 37.3 Å². The van der Waals surface area contributed by atoms with E-state index in [9.17, 15) is 0 Å². The smallest absolute Gasteiger partial charge is 0.00464 e. The first kappa shape index (κ1) is 13.3. The van der Waals surface area contributed by atoms with E-state index in [1.807, 2.05) is 0 Å². The lowest BCUT2D eigenvalue weighted by molar-refractivity contribution is 0.555. The van der Waals surface area contributed by atoms with Gasteiger partial charge in [-0.1, -0.05) is 27.2 Å². The SMILES string of the molecule is CCNC(C)CCSCC(C)CC. The molecule has 0 amide bonds. The first-order valence-corrected chi connectivity index (χ1v) is 6.67. The highest BCUT2D eigenvalue weighted by atomic mass is 32.2. The normalized spacial score (nSPS) is 15.7. The van der Waals surface area contributed by atoms with E-state index >= 15 is 0 Å². The maximum Gasteiger partial charge on any atom is 0.00464 e. The van der Waals surface area contributed by atoms with Gasteiger partial charge in [-0.3, -0.25) is 0 Å². The topological polar surface area (TPSA) is 12.0 Å². The zero-order chi connectivity index (χ0) is 10.1. The van der Waals surface area contributed by atoms with E-state index in [2.05, 4.69) is 44.8 Å². The van der Waals surface area contributed by atoms with Gasteiger partial charge in [-0.25, -0.2) is 0 Å². The Morgan fingerprint density at radius 2 is 1.92 bits per heavy atom. The van der Waals surface area contributed by atoms with Crippen molar-refractivity contribution in [3.8, 4) is 0 Å². The van der Waals surface area contributed by atoms with Gasteiger partial charge in [-0.2, -0.15) is 11.8 Å². The Hall–Kier alpha value is 0.310. The van der Waals surface area contributed by atoms with Crippen molar-refractivity contribution in [2.24, 2.45) is 5.92 Å². The highest BCUT2D eigenvalue weighted by Gasteiger charge is 2.01. The van der Waals surface area contributed by atoms with E-state index in [-0.39, 0.29) is 0 Å². The molecule has 0 fully saturated rings. The first-order valence-electron chi connectivity index (χ1n) is 5.51. The van der Waals surface area contributed by atoms with Crippen LogP contribution in [-0.2, 0) is 0 Å². The van der Waals surface area contributed by atoms with Gasteiger partial charge in [0.15, 0.2) is 0 Å². The lowest BCUT2D eigenvalue weighted by atomic mass is 10.2. The molecule has 0 saturated carbocycles. The summed E-state index contributed by atoms with van der Waals surface area (Å²) in [7, 11) is 0. The third-order valence-electron chi connectivity index (χ3n) is 2.35. The number of rotatable bonds is 8. The van der Waals surface area contributed by atoms with Crippen molar-refractivity contribution in [3.63, 3.8) is 0 Å². The maximum atomic E-state index is 3.43. The Bertz CT molecular complexity index is 106. The molecule has 0 aliphatic carbocycles. The third-order valence-corrected chi connectivity index (χ3v) is 3.68. The predicted molar refractivity (Wildman–Crippen MR) is 64.5 cm³/mol. The average Bonchev–Trinajstić information content (AvgIpc) is 2.12. The number of hydrogen-bond donors (Lipinski definition) is 1. The molecule has 2 atom stereocenters. The second-order valence-corrected chi connectivity index (χ2v) is 4.99. The van der Waals surface area contributed by atoms with Crippen molar-refractivity contribution in [1.29, 1.82) is 0 Å². The summed E-state index contributed by atoms with van der Waals surface area (Å²) in [5.41, 5.74) is 0. The van der Waals surface area contributed by atoms with E-state index < -0.39 is 0 Å². The van der Waals surface area contributed by atoms with Gasteiger partial charge in [0.25, 0.3) is 0 Å². The molecule has 0 aromatic carbocycles. The standard InChI is InChI=1S/C11H25NS/c1-5-10(3)9-13-8-7-11(4)12-6-2/h10-12H,5-9H2,1-4H3. The molecule has 2 heteroatoms. The zero-order valence-electron chi connectivity index (χ0n) is 9.60. The summed E-state index contributed by atoms with van der Waals surface area (Å²) in [5.74, 6) is 3.52. The Morgan fingerprint density at radius 1 is 1.23 bits per heavy atom. The molecule has 80 valence electrons. The summed E-state index contributed by atoms with van der Waals surface area (Å²) in [6.45, 7) is 10.1. The first-order chi connectivity index (χ1) is 6.20. The van der Waals surface area contributed by atoms with Crippen molar-refractivity contribution in [3.05, 3.63) is 0 Å². The summed E-state index contributed by atoms with van der Waals surface area (Å²) in [4.78, 5) is 0. The minimum absolute atomic E-state index is 0.689. The molecule has 0 spiro atoms. The molecule has 1 N–H and O–H groups in total. The zero-order valence-corrected chi connectivity index (χ0v) is 10.4. The van der Waals surface area contributed by atoms with Gasteiger partial charge in [0.05, 0.1) is 0 Å². The van der Waals surface area contributed by atoms with Gasteiger partial charge in [0, 0.05) is 6.04 Å². The van der Waals surface area contributed by atoms with E-state index in [1.54, 1.807) is 0 Å². The van der Waals surface area contributed by atoms with Crippen LogP contribution in [0.5, 0.6) is 0 Å². The molecule has 0 saturated heterocycles. The van der Waals surface area contributed by atoms with Crippen LogP contribution in [0.4, 0.5) is 0 Å². The van der Waals surface area contributed by atoms with Crippen LogP contribution >= 0.6 is 11.8 Å². The van der Waals surface area contributed by atoms with Crippen LogP contribution in [0.1, 0.15) is 40.5 Å². The van der Waals surface area contributed by atoms with E-state index in [4.69, 9.17) is 0 Å². The number of thioether (sulfide) groups is 1. The number of hydrogen-bond acceptors (Lipinski definition) is 2. The van der Waals surface area contributed by atoms with Crippen LogP contribution in [0.15, 0.2) is 0 Å². The summed E-state index contributed by atoms with van der Waals surface area (Å²) in [6.07, 6.45) is 2.62. The summed E-state index contributed by atoms with van der Waals surface area (Å²) in [6, 6.07) is 0.689. The average molecular weight is 203 g/mol. The minimum atomic E-state index is 0.689. The van der Waals surface area contributed by atoms with Gasteiger partial charge in [0.2, 0.25) is 0 Å². The van der Waals surface area contributed by atoms with Crippen LogP contribution in [0, 0.1) is 5.92 Å². The van der Waals surface area contributed by atoms with E-state index in [0.29, 0.717) is 6.04 Å². The fourth-order valence-corrected chi connectivity index (χ4v) is 2.44. The second-order valence-electron chi connectivity index (χ2n) is 3.84. The fourth-order valence-electron chi connectivity index (χ4n) is 1.11. The van der Waals surface area contributed by atoms with Crippen LogP contribution in [-0.4, -0.2) is 24.1 Å². The van der Waals surface area contributed by atoms with Gasteiger partial charge >= 0.3 is 0 Å². The molecule has 1 nitrogen and oxygen atoms in total. The van der Waals surface area contributed by atoms with Crippen molar-refractivity contribution in [2.75, 3.05) is 18.1 Å². The Kier molecular flexibility index (Phi) is 9.10. The fraction of sp³-hybridized carbons (Fsp3) is 1.00. The van der Waals surface area contributed by atoms with E-state index in [1.165, 1.54) is 24.3 Å². The third kappa shape index (κ3) is 8.63. The molecule has 0 aromatic heterocycles. The van der Waals surface area contributed by atoms with Crippen LogP contribution in [0.3, 0.4) is 0 Å². The lowest BCUT2D eigenvalue weighted by Gasteiger charge is -2.12. The molecular formula is C11H25NS. The monoisotopic (exact) mass is 203 g/mol. The minimum Gasteiger partial charge on any atom is -0.315 e. The highest BCUT2D eigenvalue weighted by molar-refractivity contribution is 7.99. The molecule has 2 unspecified atom stereocenters. The molecule has 13 heavy (non-hydrogen) atoms. The van der Waals surface area contributed by atoms with E-state index in [0.717, 1.165) is 12.5 Å². The molecule has 0 aromatic rings. The molecule has 0 rings (SSSR count). The van der Waals surface area contributed by atoms with Gasteiger partial charge in [0.1, 0.15) is 0 Å². The molecule has 0 bridgehead atoms. The maximum absolute atomic E-state index is 3.43. The van der Waals surface area contributed by atoms with Crippen molar-refractivity contribution < 1.29 is 0 Å². The van der Waals surface area contributed by atoms with Crippen molar-refractivity contribution >= 4 is 11.8 Å². The Balaban J connectivity index is 3.15. The number of nitrogens with one attached hydrogen (secondary N) is 1. The molecule has 0 aliphatic heterocycles. The van der Waals surface area contributed by atoms with Crippen LogP contribution < -0.4 is 5.32 Å². The van der Waals surface area contributed by atoms with Crippen LogP contribution in [0.25, 0.3) is 0 Å². The molecule has 0 radical (unpaired) electrons. The lowest BCUT2D eigenvalue weighted by Crippen LogP contribution is -2.26. The largest absolute Gasteiger partial charge is 0.315 e. The van der Waals surface area contributed by atoms with Gasteiger partial charge < -0.3 is 5.32 Å². The molecule has 0 aliphatic rings. The predicted octanol–water partition coefficient (Wildman–Crippen LogP) is 3.15. The quantitative estimate of drug-likeness (QED) is 0.608. The highest BCUT2D eigenvalue weighted by Crippen LogP contribution is 2.12. The second kappa shape index (κ2) is 8.89.